The third-order valence-electron chi connectivity index (χ3n) is 4.76. The first-order valence-corrected chi connectivity index (χ1v) is 9.70. The van der Waals surface area contributed by atoms with Crippen LogP contribution in [-0.2, 0) is 10.5 Å². The summed E-state index contributed by atoms with van der Waals surface area (Å²) >= 11 is 1.61. The maximum Gasteiger partial charge on any atom is 0.258 e. The van der Waals surface area contributed by atoms with Crippen LogP contribution in [0.2, 0.25) is 0 Å². The molecular weight excluding hydrogens is 372 g/mol. The molecule has 1 atom stereocenters. The molecule has 0 bridgehead atoms. The molecule has 142 valence electrons. The van der Waals surface area contributed by atoms with Crippen molar-refractivity contribution in [3.05, 3.63) is 40.4 Å². The number of amides is 1. The van der Waals surface area contributed by atoms with Gasteiger partial charge in [-0.2, -0.15) is 11.8 Å². The van der Waals surface area contributed by atoms with E-state index in [1.807, 2.05) is 23.1 Å². The topological polar surface area (TPSA) is 92.1 Å². The molecule has 1 aliphatic rings. The molecule has 6 nitrogen and oxygen atoms in total. The van der Waals surface area contributed by atoms with Gasteiger partial charge in [0.15, 0.2) is 0 Å². The van der Waals surface area contributed by atoms with Crippen LogP contribution in [0.3, 0.4) is 0 Å². The van der Waals surface area contributed by atoms with Gasteiger partial charge in [-0.15, -0.1) is 12.4 Å². The van der Waals surface area contributed by atoms with Crippen LogP contribution in [0.25, 0.3) is 10.9 Å². The van der Waals surface area contributed by atoms with Gasteiger partial charge in [0.1, 0.15) is 5.82 Å². The summed E-state index contributed by atoms with van der Waals surface area (Å²) < 4.78 is 0. The van der Waals surface area contributed by atoms with Gasteiger partial charge in [0.05, 0.1) is 16.7 Å². The number of aromatic nitrogens is 2. The number of carbonyl (C=O) groups is 1. The highest BCUT2D eigenvalue weighted by Gasteiger charge is 2.34. The predicted octanol–water partition coefficient (Wildman–Crippen LogP) is 2.17. The Labute approximate surface area is 163 Å². The van der Waals surface area contributed by atoms with Crippen LogP contribution in [0.4, 0.5) is 0 Å². The first-order valence-electron chi connectivity index (χ1n) is 8.54. The molecule has 0 spiro atoms. The summed E-state index contributed by atoms with van der Waals surface area (Å²) in [4.78, 5) is 33.5. The van der Waals surface area contributed by atoms with Crippen LogP contribution < -0.4 is 11.3 Å². The SMILES string of the molecule is CC1(CN)CCN(C(=O)CCSCc2nc3ccccc3c(=O)[nH]2)C1.Cl. The van der Waals surface area contributed by atoms with E-state index in [1.54, 1.807) is 17.8 Å². The molecule has 2 aromatic rings. The number of nitrogens with two attached hydrogens (primary N) is 1. The van der Waals surface area contributed by atoms with E-state index in [4.69, 9.17) is 5.73 Å². The zero-order valence-corrected chi connectivity index (χ0v) is 16.5. The minimum atomic E-state index is -0.115. The zero-order chi connectivity index (χ0) is 17.9. The van der Waals surface area contributed by atoms with Gasteiger partial charge in [-0.05, 0) is 30.5 Å². The second-order valence-corrected chi connectivity index (χ2v) is 8.02. The van der Waals surface area contributed by atoms with Gasteiger partial charge in [-0.1, -0.05) is 19.1 Å². The Morgan fingerprint density at radius 3 is 2.92 bits per heavy atom. The Balaban J connectivity index is 0.00000243. The number of fused-ring (bicyclic) bond motifs is 1. The fraction of sp³-hybridized carbons (Fsp3) is 0.500. The van der Waals surface area contributed by atoms with Gasteiger partial charge in [0, 0.05) is 25.3 Å². The molecule has 2 heterocycles. The first-order chi connectivity index (χ1) is 12.0. The van der Waals surface area contributed by atoms with Crippen LogP contribution in [0.1, 0.15) is 25.6 Å². The summed E-state index contributed by atoms with van der Waals surface area (Å²) in [6.45, 7) is 4.31. The van der Waals surface area contributed by atoms with Crippen molar-refractivity contribution in [3.63, 3.8) is 0 Å². The molecule has 1 aliphatic heterocycles. The molecule has 26 heavy (non-hydrogen) atoms. The number of carbonyl (C=O) groups excluding carboxylic acids is 1. The highest BCUT2D eigenvalue weighted by Crippen LogP contribution is 2.29. The Bertz CT molecular complexity index is 828. The van der Waals surface area contributed by atoms with E-state index < -0.39 is 0 Å². The zero-order valence-electron chi connectivity index (χ0n) is 14.9. The molecular formula is C18H25ClN4O2S. The third kappa shape index (κ3) is 4.78. The summed E-state index contributed by atoms with van der Waals surface area (Å²) in [6, 6.07) is 7.30. The number of likely N-dealkylation sites (tertiary alicyclic amines) is 1. The fourth-order valence-electron chi connectivity index (χ4n) is 3.09. The van der Waals surface area contributed by atoms with Gasteiger partial charge in [-0.25, -0.2) is 4.98 Å². The minimum Gasteiger partial charge on any atom is -0.342 e. The van der Waals surface area contributed by atoms with Crippen molar-refractivity contribution in [2.45, 2.75) is 25.5 Å². The molecule has 8 heteroatoms. The molecule has 1 saturated heterocycles. The van der Waals surface area contributed by atoms with Crippen LogP contribution in [0.15, 0.2) is 29.1 Å². The number of rotatable bonds is 6. The van der Waals surface area contributed by atoms with Crippen molar-refractivity contribution in [1.82, 2.24) is 14.9 Å². The molecule has 1 unspecified atom stereocenters. The van der Waals surface area contributed by atoms with Crippen LogP contribution >= 0.6 is 24.2 Å². The first kappa shape index (κ1) is 20.7. The Hall–Kier alpha value is -1.57. The van der Waals surface area contributed by atoms with Crippen molar-refractivity contribution < 1.29 is 4.79 Å². The number of nitrogens with one attached hydrogen (secondary N) is 1. The fourth-order valence-corrected chi connectivity index (χ4v) is 3.89. The normalized spacial score (nSPS) is 19.5. The smallest absolute Gasteiger partial charge is 0.258 e. The predicted molar refractivity (Wildman–Crippen MR) is 109 cm³/mol. The van der Waals surface area contributed by atoms with Crippen molar-refractivity contribution >= 4 is 41.0 Å². The van der Waals surface area contributed by atoms with E-state index in [2.05, 4.69) is 16.9 Å². The van der Waals surface area contributed by atoms with Crippen LogP contribution in [0, 0.1) is 5.41 Å². The molecule has 1 aromatic carbocycles. The average Bonchev–Trinajstić information content (AvgIpc) is 3.02. The molecule has 3 N–H and O–H groups in total. The number of H-pyrrole nitrogens is 1. The summed E-state index contributed by atoms with van der Waals surface area (Å²) in [7, 11) is 0. The number of hydrogen-bond acceptors (Lipinski definition) is 5. The second kappa shape index (κ2) is 8.88. The van der Waals surface area contributed by atoms with Gasteiger partial charge >= 0.3 is 0 Å². The largest absolute Gasteiger partial charge is 0.342 e. The quantitative estimate of drug-likeness (QED) is 0.730. The van der Waals surface area contributed by atoms with Crippen molar-refractivity contribution in [2.24, 2.45) is 11.1 Å². The Morgan fingerprint density at radius 1 is 1.42 bits per heavy atom. The summed E-state index contributed by atoms with van der Waals surface area (Å²) in [5.41, 5.74) is 6.45. The van der Waals surface area contributed by atoms with Crippen molar-refractivity contribution in [1.29, 1.82) is 0 Å². The van der Waals surface area contributed by atoms with E-state index in [0.29, 0.717) is 41.2 Å². The molecule has 0 radical (unpaired) electrons. The number of thioether (sulfide) groups is 1. The molecule has 1 amide bonds. The van der Waals surface area contributed by atoms with E-state index in [9.17, 15) is 9.59 Å². The van der Waals surface area contributed by atoms with E-state index >= 15 is 0 Å². The Kier molecular flexibility index (Phi) is 7.08. The minimum absolute atomic E-state index is 0. The highest BCUT2D eigenvalue weighted by atomic mass is 35.5. The van der Waals surface area contributed by atoms with Crippen LogP contribution in [-0.4, -0.2) is 46.2 Å². The molecule has 0 saturated carbocycles. The highest BCUT2D eigenvalue weighted by molar-refractivity contribution is 7.98. The summed E-state index contributed by atoms with van der Waals surface area (Å²) in [5.74, 6) is 2.14. The lowest BCUT2D eigenvalue weighted by molar-refractivity contribution is -0.130. The lowest BCUT2D eigenvalue weighted by atomic mass is 9.90. The number of aromatic amines is 1. The van der Waals surface area contributed by atoms with Gasteiger partial charge in [0.2, 0.25) is 5.91 Å². The number of halogens is 1. The number of para-hydroxylation sites is 1. The average molecular weight is 397 g/mol. The maximum absolute atomic E-state index is 12.3. The van der Waals surface area contributed by atoms with Gasteiger partial charge in [-0.3, -0.25) is 9.59 Å². The summed E-state index contributed by atoms with van der Waals surface area (Å²) in [5, 5.41) is 0.600. The van der Waals surface area contributed by atoms with Crippen LogP contribution in [0.5, 0.6) is 0 Å². The van der Waals surface area contributed by atoms with Crippen molar-refractivity contribution in [2.75, 3.05) is 25.4 Å². The van der Waals surface area contributed by atoms with E-state index in [0.717, 1.165) is 19.5 Å². The number of hydrogen-bond donors (Lipinski definition) is 2. The Morgan fingerprint density at radius 2 is 2.19 bits per heavy atom. The maximum atomic E-state index is 12.3. The lowest BCUT2D eigenvalue weighted by Crippen LogP contribution is -2.34. The third-order valence-corrected chi connectivity index (χ3v) is 5.73. The van der Waals surface area contributed by atoms with E-state index in [1.165, 1.54) is 0 Å². The number of benzene rings is 1. The summed E-state index contributed by atoms with van der Waals surface area (Å²) in [6.07, 6.45) is 1.48. The molecule has 1 aromatic heterocycles. The molecule has 3 rings (SSSR count). The molecule has 0 aliphatic carbocycles. The number of nitrogens with zero attached hydrogens (tertiary/aromatic N) is 2. The standard InChI is InChI=1S/C18H24N4O2S.ClH/c1-18(11-19)7-8-22(12-18)16(23)6-9-25-10-15-20-14-5-3-2-4-13(14)17(24)21-15;/h2-5H,6-12,19H2,1H3,(H,20,21,24);1H. The lowest BCUT2D eigenvalue weighted by Gasteiger charge is -2.22. The van der Waals surface area contributed by atoms with Crippen molar-refractivity contribution in [3.8, 4) is 0 Å². The second-order valence-electron chi connectivity index (χ2n) is 6.91. The van der Waals surface area contributed by atoms with Gasteiger partial charge < -0.3 is 15.6 Å². The monoisotopic (exact) mass is 396 g/mol. The van der Waals surface area contributed by atoms with E-state index in [-0.39, 0.29) is 29.3 Å². The molecule has 1 fully saturated rings. The van der Waals surface area contributed by atoms with Gasteiger partial charge in [0.25, 0.3) is 5.56 Å².